The molecular formula is C33H48N2O3. The van der Waals surface area contributed by atoms with Crippen LogP contribution in [0.5, 0.6) is 0 Å². The second-order valence-corrected chi connectivity index (χ2v) is 11.4. The molecule has 0 spiro atoms. The van der Waals surface area contributed by atoms with Crippen LogP contribution >= 0.6 is 0 Å². The van der Waals surface area contributed by atoms with E-state index in [4.69, 9.17) is 15.2 Å². The molecule has 38 heavy (non-hydrogen) atoms. The fourth-order valence-electron chi connectivity index (χ4n) is 6.44. The number of amides is 1. The van der Waals surface area contributed by atoms with Crippen LogP contribution in [0.25, 0.3) is 11.1 Å². The Kier molecular flexibility index (Phi) is 11.7. The fourth-order valence-corrected chi connectivity index (χ4v) is 6.44. The molecule has 5 nitrogen and oxygen atoms in total. The highest BCUT2D eigenvalue weighted by Crippen LogP contribution is 2.38. The second kappa shape index (κ2) is 15.4. The zero-order valence-electron chi connectivity index (χ0n) is 23.4. The summed E-state index contributed by atoms with van der Waals surface area (Å²) in [6.07, 6.45) is 12.0. The lowest BCUT2D eigenvalue weighted by Gasteiger charge is -2.38. The molecule has 1 saturated heterocycles. The first-order chi connectivity index (χ1) is 18.7. The third kappa shape index (κ3) is 8.39. The summed E-state index contributed by atoms with van der Waals surface area (Å²) in [6, 6.07) is 19.3. The summed E-state index contributed by atoms with van der Waals surface area (Å²) < 4.78 is 11.9. The van der Waals surface area contributed by atoms with Crippen molar-refractivity contribution in [3.8, 4) is 11.1 Å². The van der Waals surface area contributed by atoms with Gasteiger partial charge in [-0.15, -0.1) is 0 Å². The van der Waals surface area contributed by atoms with Gasteiger partial charge in [0.05, 0.1) is 6.10 Å². The zero-order chi connectivity index (χ0) is 26.6. The highest BCUT2D eigenvalue weighted by Gasteiger charge is 2.32. The minimum absolute atomic E-state index is 0.0626. The molecule has 4 rings (SSSR count). The smallest absolute Gasteiger partial charge is 0.222 e. The molecule has 208 valence electrons. The quantitative estimate of drug-likeness (QED) is 0.296. The average Bonchev–Trinajstić information content (AvgIpc) is 2.97. The maximum atomic E-state index is 13.3. The molecule has 1 heterocycles. The zero-order valence-corrected chi connectivity index (χ0v) is 23.4. The molecule has 2 fully saturated rings. The van der Waals surface area contributed by atoms with Crippen molar-refractivity contribution >= 4 is 5.91 Å². The van der Waals surface area contributed by atoms with Gasteiger partial charge in [0.25, 0.3) is 0 Å². The molecule has 1 amide bonds. The molecule has 0 aromatic heterocycles. The topological polar surface area (TPSA) is 64.8 Å². The fraction of sp³-hybridized carbons (Fsp3) is 0.606. The minimum Gasteiger partial charge on any atom is -0.385 e. The third-order valence-electron chi connectivity index (χ3n) is 8.47. The Morgan fingerprint density at radius 2 is 1.74 bits per heavy atom. The SMILES string of the molecule is COCCCO[C@@H](c1ccccc1-c1ccccc1)[C@@H]1CCCN(C(=O)CC[C@@H](N)CC2CCCCC2)C1. The molecule has 3 atom stereocenters. The number of nitrogens with zero attached hydrogens (tertiary/aromatic N) is 1. The van der Waals surface area contributed by atoms with Crippen LogP contribution in [-0.4, -0.2) is 50.3 Å². The average molecular weight is 521 g/mol. The molecule has 0 unspecified atom stereocenters. The normalized spacial score (nSPS) is 20.3. The monoisotopic (exact) mass is 520 g/mol. The van der Waals surface area contributed by atoms with Crippen molar-refractivity contribution in [2.45, 2.75) is 82.8 Å². The molecule has 2 aromatic rings. The number of methoxy groups -OCH3 is 1. The van der Waals surface area contributed by atoms with Gasteiger partial charge >= 0.3 is 0 Å². The summed E-state index contributed by atoms with van der Waals surface area (Å²) >= 11 is 0. The summed E-state index contributed by atoms with van der Waals surface area (Å²) in [6.45, 7) is 2.91. The highest BCUT2D eigenvalue weighted by molar-refractivity contribution is 5.76. The van der Waals surface area contributed by atoms with Crippen molar-refractivity contribution in [2.24, 2.45) is 17.6 Å². The Labute approximate surface area is 230 Å². The van der Waals surface area contributed by atoms with E-state index < -0.39 is 0 Å². The number of benzene rings is 2. The predicted molar refractivity (Wildman–Crippen MR) is 155 cm³/mol. The van der Waals surface area contributed by atoms with Gasteiger partial charge in [0.15, 0.2) is 0 Å². The van der Waals surface area contributed by atoms with E-state index >= 15 is 0 Å². The standard InChI is InChI=1S/C33H48N2O3/c1-37-22-11-23-38-33(31-18-9-8-17-30(31)27-14-6-3-7-15-27)28-16-10-21-35(25-28)32(36)20-19-29(34)24-26-12-4-2-5-13-26/h3,6-9,14-15,17-18,26,28-29,33H,2,4-5,10-13,16,19-25,34H2,1H3/t28-,29-,33-/m1/s1. The first-order valence-electron chi connectivity index (χ1n) is 14.9. The Hall–Kier alpha value is -2.21. The number of piperidine rings is 1. The Morgan fingerprint density at radius 3 is 2.53 bits per heavy atom. The minimum atomic E-state index is -0.0626. The third-order valence-corrected chi connectivity index (χ3v) is 8.47. The van der Waals surface area contributed by atoms with Crippen molar-refractivity contribution in [1.82, 2.24) is 4.90 Å². The molecule has 1 aliphatic carbocycles. The number of likely N-dealkylation sites (tertiary alicyclic amines) is 1. The summed E-state index contributed by atoms with van der Waals surface area (Å²) in [5.74, 6) is 1.27. The van der Waals surface area contributed by atoms with E-state index in [2.05, 4.69) is 59.5 Å². The van der Waals surface area contributed by atoms with Crippen molar-refractivity contribution in [1.29, 1.82) is 0 Å². The number of ether oxygens (including phenoxy) is 2. The number of carbonyl (C=O) groups is 1. The van der Waals surface area contributed by atoms with Crippen molar-refractivity contribution in [3.63, 3.8) is 0 Å². The molecule has 5 heteroatoms. The highest BCUT2D eigenvalue weighted by atomic mass is 16.5. The number of hydrogen-bond acceptors (Lipinski definition) is 4. The van der Waals surface area contributed by atoms with E-state index in [0.717, 1.165) is 51.1 Å². The molecule has 0 bridgehead atoms. The molecular weight excluding hydrogens is 472 g/mol. The Balaban J connectivity index is 1.42. The predicted octanol–water partition coefficient (Wildman–Crippen LogP) is 6.76. The summed E-state index contributed by atoms with van der Waals surface area (Å²) in [4.78, 5) is 15.4. The van der Waals surface area contributed by atoms with Crippen molar-refractivity contribution < 1.29 is 14.3 Å². The van der Waals surface area contributed by atoms with Gasteiger partial charge in [-0.3, -0.25) is 4.79 Å². The maximum Gasteiger partial charge on any atom is 0.222 e. The number of carbonyl (C=O) groups excluding carboxylic acids is 1. The lowest BCUT2D eigenvalue weighted by Crippen LogP contribution is -2.42. The van der Waals surface area contributed by atoms with Crippen LogP contribution in [-0.2, 0) is 14.3 Å². The lowest BCUT2D eigenvalue weighted by atomic mass is 9.84. The lowest BCUT2D eigenvalue weighted by molar-refractivity contribution is -0.134. The van der Waals surface area contributed by atoms with E-state index in [-0.39, 0.29) is 24.0 Å². The number of nitrogens with two attached hydrogens (primary N) is 1. The summed E-state index contributed by atoms with van der Waals surface area (Å²) in [7, 11) is 1.73. The van der Waals surface area contributed by atoms with Crippen molar-refractivity contribution in [3.05, 3.63) is 60.2 Å². The van der Waals surface area contributed by atoms with E-state index in [1.807, 2.05) is 0 Å². The molecule has 1 aliphatic heterocycles. The van der Waals surface area contributed by atoms with E-state index in [1.54, 1.807) is 7.11 Å². The van der Waals surface area contributed by atoms with Crippen LogP contribution in [0.15, 0.2) is 54.6 Å². The second-order valence-electron chi connectivity index (χ2n) is 11.4. The van der Waals surface area contributed by atoms with E-state index in [0.29, 0.717) is 19.6 Å². The van der Waals surface area contributed by atoms with Gasteiger partial charge in [0.2, 0.25) is 5.91 Å². The van der Waals surface area contributed by atoms with E-state index in [9.17, 15) is 4.79 Å². The van der Waals surface area contributed by atoms with Crippen LogP contribution in [0, 0.1) is 11.8 Å². The van der Waals surface area contributed by atoms with Crippen LogP contribution in [0.4, 0.5) is 0 Å². The van der Waals surface area contributed by atoms with Crippen LogP contribution < -0.4 is 5.73 Å². The number of hydrogen-bond donors (Lipinski definition) is 1. The van der Waals surface area contributed by atoms with E-state index in [1.165, 1.54) is 48.8 Å². The maximum absolute atomic E-state index is 13.3. The van der Waals surface area contributed by atoms with Gasteiger partial charge in [0, 0.05) is 51.8 Å². The van der Waals surface area contributed by atoms with Gasteiger partial charge in [-0.1, -0.05) is 86.7 Å². The van der Waals surface area contributed by atoms with Gasteiger partial charge in [-0.2, -0.15) is 0 Å². The molecule has 2 N–H and O–H groups in total. The molecule has 0 radical (unpaired) electrons. The molecule has 2 aromatic carbocycles. The Bertz CT molecular complexity index is 960. The van der Waals surface area contributed by atoms with Crippen LogP contribution in [0.3, 0.4) is 0 Å². The van der Waals surface area contributed by atoms with Gasteiger partial charge < -0.3 is 20.1 Å². The van der Waals surface area contributed by atoms with Crippen LogP contribution in [0.1, 0.15) is 82.3 Å². The summed E-state index contributed by atoms with van der Waals surface area (Å²) in [5, 5.41) is 0. The number of rotatable bonds is 13. The van der Waals surface area contributed by atoms with Gasteiger partial charge in [-0.05, 0) is 54.7 Å². The first-order valence-corrected chi connectivity index (χ1v) is 14.9. The summed E-state index contributed by atoms with van der Waals surface area (Å²) in [5.41, 5.74) is 10.1. The van der Waals surface area contributed by atoms with Gasteiger partial charge in [0.1, 0.15) is 0 Å². The van der Waals surface area contributed by atoms with Crippen molar-refractivity contribution in [2.75, 3.05) is 33.4 Å². The van der Waals surface area contributed by atoms with Crippen LogP contribution in [0.2, 0.25) is 0 Å². The molecule has 1 saturated carbocycles. The molecule has 2 aliphatic rings. The largest absolute Gasteiger partial charge is 0.385 e. The Morgan fingerprint density at radius 1 is 0.974 bits per heavy atom. The first kappa shape index (κ1) is 28.8. The van der Waals surface area contributed by atoms with Gasteiger partial charge in [-0.25, -0.2) is 0 Å².